The monoisotopic (exact) mass is 832 g/mol. The van der Waals surface area contributed by atoms with Gasteiger partial charge in [0.2, 0.25) is 0 Å². The van der Waals surface area contributed by atoms with E-state index in [1.807, 2.05) is 53.6 Å². The van der Waals surface area contributed by atoms with Crippen LogP contribution in [0.4, 0.5) is 0 Å². The van der Waals surface area contributed by atoms with E-state index in [4.69, 9.17) is 37.9 Å². The summed E-state index contributed by atoms with van der Waals surface area (Å²) in [6.07, 6.45) is -3.26. The Morgan fingerprint density at radius 1 is 0.828 bits per heavy atom. The Kier molecular flexibility index (Phi) is 19.1. The highest BCUT2D eigenvalue weighted by Crippen LogP contribution is 2.42. The molecule has 18 atom stereocenters. The largest absolute Gasteiger partial charge is 0.459 e. The van der Waals surface area contributed by atoms with Crippen molar-refractivity contribution in [2.24, 2.45) is 23.7 Å². The van der Waals surface area contributed by atoms with Crippen LogP contribution in [-0.2, 0) is 47.5 Å². The maximum atomic E-state index is 14.4. The van der Waals surface area contributed by atoms with Crippen molar-refractivity contribution >= 4 is 11.8 Å². The first-order valence-electron chi connectivity index (χ1n) is 21.9. The number of hydrogen-bond donors (Lipinski definition) is 3. The van der Waals surface area contributed by atoms with Gasteiger partial charge in [-0.15, -0.1) is 0 Å². The van der Waals surface area contributed by atoms with Crippen molar-refractivity contribution < 1.29 is 62.8 Å². The number of ketones is 1. The van der Waals surface area contributed by atoms with Gasteiger partial charge in [-0.1, -0.05) is 53.9 Å². The van der Waals surface area contributed by atoms with Gasteiger partial charge in [0.25, 0.3) is 0 Å². The van der Waals surface area contributed by atoms with Gasteiger partial charge in [-0.2, -0.15) is 0 Å². The minimum absolute atomic E-state index is 0.130. The number of Topliss-reactive ketones (excluding diaryl/α,β-unsaturated/α-hetero) is 1. The van der Waals surface area contributed by atoms with Crippen molar-refractivity contribution in [1.82, 2.24) is 4.90 Å². The number of unbranched alkanes of at least 4 members (excludes halogenated alkanes) is 3. The highest BCUT2D eigenvalue weighted by Gasteiger charge is 2.54. The number of carbonyl (C=O) groups is 2. The maximum Gasteiger partial charge on any atom is 0.311 e. The van der Waals surface area contributed by atoms with E-state index in [1.165, 1.54) is 14.0 Å². The van der Waals surface area contributed by atoms with Crippen LogP contribution < -0.4 is 0 Å². The molecule has 0 aliphatic carbocycles. The Labute approximate surface area is 349 Å². The first kappa shape index (κ1) is 51.1. The summed E-state index contributed by atoms with van der Waals surface area (Å²) < 4.78 is 51.6. The van der Waals surface area contributed by atoms with Crippen molar-refractivity contribution in [3.63, 3.8) is 0 Å². The molecule has 3 saturated heterocycles. The Morgan fingerprint density at radius 2 is 1.45 bits per heavy atom. The number of methoxy groups -OCH3 is 2. The SMILES string of the molecule is CCCCCCO[C@H]1[C@H](C)O[C@@H](O[C@H]2[C@H](C)[C@@H](O[C@@H]3O[C@H](C)C[C@H](N(C)C)[C@H]3O)[C@](C)(OC)C[C@@H](C)C(=O)[C@H](C)[C@@H](O)[C@](C)(O)[C@@H](CC)OC(=O)[C@@H]2C)C[C@@]1(C)OC. The first-order chi connectivity index (χ1) is 27.0. The van der Waals surface area contributed by atoms with Gasteiger partial charge in [0.15, 0.2) is 12.6 Å². The fraction of sp³-hybridized carbons (Fsp3) is 0.955. The summed E-state index contributed by atoms with van der Waals surface area (Å²) in [5.74, 6) is -4.34. The molecule has 3 rings (SSSR count). The number of carbonyl (C=O) groups excluding carboxylic acids is 2. The van der Waals surface area contributed by atoms with Crippen LogP contribution in [0.25, 0.3) is 0 Å². The highest BCUT2D eigenvalue weighted by atomic mass is 16.7. The summed E-state index contributed by atoms with van der Waals surface area (Å²) in [7, 11) is 6.98. The van der Waals surface area contributed by atoms with E-state index in [0.717, 1.165) is 25.7 Å². The van der Waals surface area contributed by atoms with E-state index >= 15 is 0 Å². The molecular formula is C44H81NO13. The molecule has 14 heteroatoms. The quantitative estimate of drug-likeness (QED) is 0.157. The fourth-order valence-electron chi connectivity index (χ4n) is 9.62. The average molecular weight is 832 g/mol. The van der Waals surface area contributed by atoms with Crippen LogP contribution in [-0.4, -0.2) is 151 Å². The van der Waals surface area contributed by atoms with Crippen LogP contribution in [0.1, 0.15) is 128 Å². The molecule has 0 aromatic heterocycles. The van der Waals surface area contributed by atoms with Crippen molar-refractivity contribution in [1.29, 1.82) is 0 Å². The molecule has 340 valence electrons. The third-order valence-electron chi connectivity index (χ3n) is 13.5. The molecule has 0 unspecified atom stereocenters. The molecule has 0 bridgehead atoms. The Balaban J connectivity index is 2.16. The number of ether oxygens (including phenoxy) is 8. The third kappa shape index (κ3) is 11.8. The summed E-state index contributed by atoms with van der Waals surface area (Å²) in [6.45, 7) is 20.5. The standard InChI is InChI=1S/C44H81NO13/c1-16-18-19-20-21-53-39-30(8)55-33(24-43(39,10)52-15)57-36-28(6)38(58-41-35(47)31(45(12)13)22-26(4)54-41)42(9,51-14)23-25(3)34(46)27(5)37(48)44(11,50)32(17-2)56-40(49)29(36)7/h25-33,35-39,41,47-48,50H,16-24H2,1-15H3/t25-,26-,27+,28+,29-,30+,31+,32-,33+,35-,36+,37-,38-,39+,41+,42-,43-,44-/m1/s1. The van der Waals surface area contributed by atoms with E-state index in [2.05, 4.69) is 6.92 Å². The molecule has 3 fully saturated rings. The van der Waals surface area contributed by atoms with Crippen LogP contribution in [0.15, 0.2) is 0 Å². The van der Waals surface area contributed by atoms with Crippen LogP contribution in [0, 0.1) is 23.7 Å². The predicted molar refractivity (Wildman–Crippen MR) is 219 cm³/mol. The number of rotatable bonds is 14. The zero-order valence-corrected chi connectivity index (χ0v) is 38.4. The van der Waals surface area contributed by atoms with E-state index < -0.39 is 95.6 Å². The second-order valence-corrected chi connectivity index (χ2v) is 18.5. The molecule has 3 aliphatic rings. The minimum atomic E-state index is -1.96. The number of aliphatic hydroxyl groups is 3. The second-order valence-electron chi connectivity index (χ2n) is 18.5. The molecular weight excluding hydrogens is 750 g/mol. The van der Waals surface area contributed by atoms with Crippen molar-refractivity contribution in [2.75, 3.05) is 34.9 Å². The molecule has 0 aromatic carbocycles. The molecule has 14 nitrogen and oxygen atoms in total. The van der Waals surface area contributed by atoms with Crippen molar-refractivity contribution in [3.05, 3.63) is 0 Å². The lowest BCUT2D eigenvalue weighted by molar-refractivity contribution is -0.322. The second kappa shape index (κ2) is 21.7. The Hall–Kier alpha value is -1.30. The third-order valence-corrected chi connectivity index (χ3v) is 13.5. The number of likely N-dealkylation sites (N-methyl/N-ethyl adjacent to an activating group) is 1. The van der Waals surface area contributed by atoms with E-state index in [9.17, 15) is 24.9 Å². The summed E-state index contributed by atoms with van der Waals surface area (Å²) in [6, 6.07) is -0.274. The normalized spacial score (nSPS) is 45.2. The van der Waals surface area contributed by atoms with Gasteiger partial charge >= 0.3 is 5.97 Å². The van der Waals surface area contributed by atoms with Gasteiger partial charge in [0.1, 0.15) is 29.7 Å². The van der Waals surface area contributed by atoms with Gasteiger partial charge in [-0.05, 0) is 81.3 Å². The summed E-state index contributed by atoms with van der Waals surface area (Å²) in [4.78, 5) is 30.4. The molecule has 0 radical (unpaired) electrons. The zero-order chi connectivity index (χ0) is 43.9. The van der Waals surface area contributed by atoms with E-state index in [0.29, 0.717) is 13.0 Å². The number of esters is 1. The van der Waals surface area contributed by atoms with Gasteiger partial charge in [-0.3, -0.25) is 9.59 Å². The first-order valence-corrected chi connectivity index (χ1v) is 21.9. The average Bonchev–Trinajstić information content (AvgIpc) is 3.17. The molecule has 58 heavy (non-hydrogen) atoms. The van der Waals surface area contributed by atoms with E-state index in [-0.39, 0.29) is 43.3 Å². The molecule has 0 amide bonds. The molecule has 0 aromatic rings. The number of aliphatic hydroxyl groups excluding tert-OH is 2. The van der Waals surface area contributed by atoms with Crippen molar-refractivity contribution in [3.8, 4) is 0 Å². The van der Waals surface area contributed by atoms with Crippen molar-refractivity contribution in [2.45, 2.75) is 212 Å². The highest BCUT2D eigenvalue weighted by molar-refractivity contribution is 5.83. The lowest BCUT2D eigenvalue weighted by Crippen LogP contribution is -2.61. The summed E-state index contributed by atoms with van der Waals surface area (Å²) >= 11 is 0. The molecule has 0 saturated carbocycles. The number of hydrogen-bond acceptors (Lipinski definition) is 14. The Morgan fingerprint density at radius 3 is 2.02 bits per heavy atom. The van der Waals surface area contributed by atoms with Gasteiger partial charge in [0, 0.05) is 51.0 Å². The topological polar surface area (TPSA) is 172 Å². The number of cyclic esters (lactones) is 1. The van der Waals surface area contributed by atoms with E-state index in [1.54, 1.807) is 34.8 Å². The minimum Gasteiger partial charge on any atom is -0.459 e. The molecule has 3 heterocycles. The summed E-state index contributed by atoms with van der Waals surface area (Å²) in [5.41, 5.74) is -3.99. The fourth-order valence-corrected chi connectivity index (χ4v) is 9.62. The molecule has 0 spiro atoms. The predicted octanol–water partition coefficient (Wildman–Crippen LogP) is 5.04. The van der Waals surface area contributed by atoms with Gasteiger partial charge in [-0.25, -0.2) is 0 Å². The summed E-state index contributed by atoms with van der Waals surface area (Å²) in [5, 5.41) is 35.0. The van der Waals surface area contributed by atoms with Crippen LogP contribution in [0.5, 0.6) is 0 Å². The molecule has 3 aliphatic heterocycles. The van der Waals surface area contributed by atoms with Crippen LogP contribution in [0.3, 0.4) is 0 Å². The Bertz CT molecular complexity index is 1290. The smallest absolute Gasteiger partial charge is 0.311 e. The zero-order valence-electron chi connectivity index (χ0n) is 38.4. The van der Waals surface area contributed by atoms with Crippen LogP contribution >= 0.6 is 0 Å². The van der Waals surface area contributed by atoms with Crippen LogP contribution in [0.2, 0.25) is 0 Å². The molecule has 3 N–H and O–H groups in total. The number of nitrogens with zero attached hydrogens (tertiary/aromatic N) is 1. The van der Waals surface area contributed by atoms with Gasteiger partial charge < -0.3 is 58.1 Å². The maximum absolute atomic E-state index is 14.4. The lowest BCUT2D eigenvalue weighted by atomic mass is 9.74. The lowest BCUT2D eigenvalue weighted by Gasteiger charge is -2.50. The van der Waals surface area contributed by atoms with Gasteiger partial charge in [0.05, 0.1) is 47.6 Å².